The van der Waals surface area contributed by atoms with Crippen molar-refractivity contribution in [3.63, 3.8) is 0 Å². The molecular formula is C39H44O6. The lowest BCUT2D eigenvalue weighted by Gasteiger charge is -2.13. The molecule has 0 spiro atoms. The molecule has 4 rings (SSSR count). The molecule has 0 saturated heterocycles. The first-order valence-corrected chi connectivity index (χ1v) is 16.0. The Morgan fingerprint density at radius 2 is 1.13 bits per heavy atom. The van der Waals surface area contributed by atoms with Gasteiger partial charge in [0.2, 0.25) is 0 Å². The maximum Gasteiger partial charge on any atom is 0.343 e. The monoisotopic (exact) mass is 608 g/mol. The van der Waals surface area contributed by atoms with E-state index in [-0.39, 0.29) is 0 Å². The molecule has 4 aromatic rings. The molecule has 1 atom stereocenters. The van der Waals surface area contributed by atoms with Crippen molar-refractivity contribution in [2.75, 3.05) is 6.61 Å². The second-order valence-corrected chi connectivity index (χ2v) is 11.1. The Morgan fingerprint density at radius 1 is 0.600 bits per heavy atom. The van der Waals surface area contributed by atoms with Crippen molar-refractivity contribution in [2.24, 2.45) is 0 Å². The van der Waals surface area contributed by atoms with E-state index in [1.54, 1.807) is 43.3 Å². The number of esters is 2. The Hall–Kier alpha value is -4.42. The van der Waals surface area contributed by atoms with Gasteiger partial charge < -0.3 is 18.9 Å². The smallest absolute Gasteiger partial charge is 0.343 e. The van der Waals surface area contributed by atoms with Crippen molar-refractivity contribution in [3.05, 3.63) is 114 Å². The molecule has 0 N–H and O–H groups in total. The van der Waals surface area contributed by atoms with Gasteiger partial charge >= 0.3 is 11.9 Å². The zero-order valence-electron chi connectivity index (χ0n) is 26.4. The molecule has 45 heavy (non-hydrogen) atoms. The van der Waals surface area contributed by atoms with Crippen LogP contribution in [0.25, 0.3) is 11.1 Å². The lowest BCUT2D eigenvalue weighted by molar-refractivity contribution is -0.147. The number of hydrogen-bond acceptors (Lipinski definition) is 6. The minimum Gasteiger partial charge on any atom is -0.494 e. The van der Waals surface area contributed by atoms with E-state index in [2.05, 4.69) is 6.92 Å². The van der Waals surface area contributed by atoms with Crippen LogP contribution >= 0.6 is 0 Å². The molecule has 6 heteroatoms. The minimum atomic E-state index is -0.735. The van der Waals surface area contributed by atoms with Crippen LogP contribution < -0.4 is 14.2 Å². The molecule has 0 unspecified atom stereocenters. The molecule has 0 aromatic heterocycles. The summed E-state index contributed by atoms with van der Waals surface area (Å²) in [6, 6.07) is 31.3. The third-order valence-corrected chi connectivity index (χ3v) is 7.50. The van der Waals surface area contributed by atoms with Gasteiger partial charge in [-0.05, 0) is 78.6 Å². The van der Waals surface area contributed by atoms with Gasteiger partial charge in [0.25, 0.3) is 0 Å². The second kappa shape index (κ2) is 18.4. The van der Waals surface area contributed by atoms with E-state index in [1.165, 1.54) is 44.9 Å². The first-order chi connectivity index (χ1) is 22.0. The molecule has 0 aliphatic carbocycles. The van der Waals surface area contributed by atoms with E-state index in [9.17, 15) is 9.59 Å². The lowest BCUT2D eigenvalue weighted by Crippen LogP contribution is -2.25. The van der Waals surface area contributed by atoms with Crippen LogP contribution in [0.15, 0.2) is 103 Å². The highest BCUT2D eigenvalue weighted by atomic mass is 16.6. The van der Waals surface area contributed by atoms with Gasteiger partial charge in [0.05, 0.1) is 18.8 Å². The minimum absolute atomic E-state index is 0.313. The van der Waals surface area contributed by atoms with Crippen molar-refractivity contribution < 1.29 is 28.5 Å². The number of benzene rings is 4. The number of hydrogen-bond donors (Lipinski definition) is 0. The fourth-order valence-corrected chi connectivity index (χ4v) is 4.77. The van der Waals surface area contributed by atoms with Crippen LogP contribution in [0.3, 0.4) is 0 Å². The van der Waals surface area contributed by atoms with Crippen LogP contribution in [0.2, 0.25) is 0 Å². The summed E-state index contributed by atoms with van der Waals surface area (Å²) >= 11 is 0. The van der Waals surface area contributed by atoms with Crippen molar-refractivity contribution in [3.8, 4) is 28.4 Å². The quantitative estimate of drug-likeness (QED) is 0.0636. The number of rotatable bonds is 18. The van der Waals surface area contributed by atoms with Gasteiger partial charge in [-0.1, -0.05) is 106 Å². The summed E-state index contributed by atoms with van der Waals surface area (Å²) in [7, 11) is 0. The van der Waals surface area contributed by atoms with Crippen molar-refractivity contribution in [1.29, 1.82) is 0 Å². The standard InChI is InChI=1S/C39H44O6/c1-3-4-5-6-7-8-9-13-28-42-35-22-20-33(21-23-35)32-16-18-34(19-17-32)39(41)45-37-26-24-36(25-27-37)44-38(40)30(2)43-29-31-14-11-10-12-15-31/h10-12,14-27,30H,3-9,13,28-29H2,1-2H3/t30-/m0/s1. The van der Waals surface area contributed by atoms with Gasteiger partial charge in [-0.25, -0.2) is 9.59 Å². The molecule has 0 bridgehead atoms. The normalized spacial score (nSPS) is 11.5. The molecular weight excluding hydrogens is 564 g/mol. The molecule has 0 aliphatic heterocycles. The first kappa shape index (κ1) is 33.5. The zero-order chi connectivity index (χ0) is 31.7. The summed E-state index contributed by atoms with van der Waals surface area (Å²) in [4.78, 5) is 25.1. The van der Waals surface area contributed by atoms with Crippen LogP contribution in [-0.4, -0.2) is 24.6 Å². The fraction of sp³-hybridized carbons (Fsp3) is 0.333. The number of unbranched alkanes of at least 4 members (excludes halogenated alkanes) is 7. The van der Waals surface area contributed by atoms with Gasteiger partial charge in [0.1, 0.15) is 17.2 Å². The molecule has 0 saturated carbocycles. The maximum absolute atomic E-state index is 12.7. The second-order valence-electron chi connectivity index (χ2n) is 11.1. The summed E-state index contributed by atoms with van der Waals surface area (Å²) in [5.41, 5.74) is 3.44. The van der Waals surface area contributed by atoms with E-state index in [1.807, 2.05) is 66.7 Å². The topological polar surface area (TPSA) is 71.1 Å². The predicted octanol–water partition coefficient (Wildman–Crippen LogP) is 9.60. The average Bonchev–Trinajstić information content (AvgIpc) is 3.08. The molecule has 0 radical (unpaired) electrons. The van der Waals surface area contributed by atoms with Crippen LogP contribution in [-0.2, 0) is 16.1 Å². The SMILES string of the molecule is CCCCCCCCCCOc1ccc(-c2ccc(C(=O)Oc3ccc(OC(=O)[C@H](C)OCc4ccccc4)cc3)cc2)cc1. The number of carbonyl (C=O) groups is 2. The van der Waals surface area contributed by atoms with Gasteiger partial charge in [0.15, 0.2) is 6.10 Å². The summed E-state index contributed by atoms with van der Waals surface area (Å²) in [6.45, 7) is 4.95. The predicted molar refractivity (Wildman–Crippen MR) is 178 cm³/mol. The van der Waals surface area contributed by atoms with Gasteiger partial charge in [-0.3, -0.25) is 0 Å². The fourth-order valence-electron chi connectivity index (χ4n) is 4.77. The molecule has 0 fully saturated rings. The Balaban J connectivity index is 1.18. The van der Waals surface area contributed by atoms with Crippen LogP contribution in [0.1, 0.15) is 81.1 Å². The number of carbonyl (C=O) groups excluding carboxylic acids is 2. The largest absolute Gasteiger partial charge is 0.494 e. The third-order valence-electron chi connectivity index (χ3n) is 7.50. The third kappa shape index (κ3) is 11.5. The average molecular weight is 609 g/mol. The van der Waals surface area contributed by atoms with E-state index in [0.717, 1.165) is 35.5 Å². The highest BCUT2D eigenvalue weighted by molar-refractivity contribution is 5.91. The van der Waals surface area contributed by atoms with Gasteiger partial charge in [-0.15, -0.1) is 0 Å². The van der Waals surface area contributed by atoms with E-state index in [4.69, 9.17) is 18.9 Å². The summed E-state index contributed by atoms with van der Waals surface area (Å²) in [5.74, 6) is 0.577. The molecule has 0 heterocycles. The Labute approximate surface area is 267 Å². The molecule has 0 amide bonds. The molecule has 236 valence electrons. The van der Waals surface area contributed by atoms with E-state index < -0.39 is 18.0 Å². The molecule has 4 aromatic carbocycles. The van der Waals surface area contributed by atoms with Crippen LogP contribution in [0.4, 0.5) is 0 Å². The Morgan fingerprint density at radius 3 is 1.76 bits per heavy atom. The Kier molecular flexibility index (Phi) is 13.7. The van der Waals surface area contributed by atoms with Gasteiger partial charge in [0, 0.05) is 0 Å². The summed E-state index contributed by atoms with van der Waals surface area (Å²) < 4.78 is 22.5. The lowest BCUT2D eigenvalue weighted by atomic mass is 10.0. The van der Waals surface area contributed by atoms with Gasteiger partial charge in [-0.2, -0.15) is 0 Å². The summed E-state index contributed by atoms with van der Waals surface area (Å²) in [5, 5.41) is 0. The zero-order valence-corrected chi connectivity index (χ0v) is 26.4. The highest BCUT2D eigenvalue weighted by Gasteiger charge is 2.17. The van der Waals surface area contributed by atoms with Crippen LogP contribution in [0.5, 0.6) is 17.2 Å². The number of ether oxygens (including phenoxy) is 4. The van der Waals surface area contributed by atoms with Crippen LogP contribution in [0, 0.1) is 0 Å². The first-order valence-electron chi connectivity index (χ1n) is 16.0. The van der Waals surface area contributed by atoms with E-state index >= 15 is 0 Å². The molecule has 6 nitrogen and oxygen atoms in total. The Bertz CT molecular complexity index is 1430. The highest BCUT2D eigenvalue weighted by Crippen LogP contribution is 2.24. The van der Waals surface area contributed by atoms with Crippen molar-refractivity contribution in [2.45, 2.75) is 77.9 Å². The van der Waals surface area contributed by atoms with E-state index in [0.29, 0.717) is 23.7 Å². The molecule has 0 aliphatic rings. The van der Waals surface area contributed by atoms with Crippen molar-refractivity contribution >= 4 is 11.9 Å². The summed E-state index contributed by atoms with van der Waals surface area (Å²) in [6.07, 6.45) is 9.50. The maximum atomic E-state index is 12.7. The van der Waals surface area contributed by atoms with Crippen molar-refractivity contribution in [1.82, 2.24) is 0 Å².